The van der Waals surface area contributed by atoms with Gasteiger partial charge in [0.05, 0.1) is 23.5 Å². The van der Waals surface area contributed by atoms with Crippen LogP contribution in [0.5, 0.6) is 5.75 Å². The van der Waals surface area contributed by atoms with Gasteiger partial charge in [0.25, 0.3) is 5.91 Å². The van der Waals surface area contributed by atoms with Crippen LogP contribution >= 0.6 is 27.5 Å². The molecule has 0 aliphatic carbocycles. The molecule has 2 aromatic heterocycles. The second-order valence-corrected chi connectivity index (χ2v) is 8.22. The SMILES string of the molecule is Cc1ccccc1Cn1cc(NC(=O)c2ccn(COc3ccc(Br)cc3Cl)n2)cn1. The van der Waals surface area contributed by atoms with Gasteiger partial charge in [-0.15, -0.1) is 0 Å². The summed E-state index contributed by atoms with van der Waals surface area (Å²) in [6.07, 6.45) is 5.08. The smallest absolute Gasteiger partial charge is 0.276 e. The molecule has 0 unspecified atom stereocenters. The molecule has 0 radical (unpaired) electrons. The quantitative estimate of drug-likeness (QED) is 0.381. The fourth-order valence-corrected chi connectivity index (χ4v) is 3.68. The highest BCUT2D eigenvalue weighted by Gasteiger charge is 2.12. The molecule has 31 heavy (non-hydrogen) atoms. The molecule has 158 valence electrons. The summed E-state index contributed by atoms with van der Waals surface area (Å²) < 4.78 is 9.83. The van der Waals surface area contributed by atoms with E-state index in [1.165, 1.54) is 15.8 Å². The molecule has 4 aromatic rings. The maximum absolute atomic E-state index is 12.5. The minimum atomic E-state index is -0.323. The van der Waals surface area contributed by atoms with Gasteiger partial charge < -0.3 is 10.1 Å². The molecule has 9 heteroatoms. The highest BCUT2D eigenvalue weighted by Crippen LogP contribution is 2.27. The van der Waals surface area contributed by atoms with Gasteiger partial charge in [0.15, 0.2) is 12.4 Å². The molecule has 1 N–H and O–H groups in total. The van der Waals surface area contributed by atoms with Gasteiger partial charge in [0.1, 0.15) is 5.75 Å². The van der Waals surface area contributed by atoms with Crippen molar-refractivity contribution in [2.45, 2.75) is 20.2 Å². The van der Waals surface area contributed by atoms with Crippen molar-refractivity contribution < 1.29 is 9.53 Å². The number of aryl methyl sites for hydroxylation is 1. The van der Waals surface area contributed by atoms with Gasteiger partial charge in [0.2, 0.25) is 0 Å². The summed E-state index contributed by atoms with van der Waals surface area (Å²) in [5, 5.41) is 11.9. The fourth-order valence-electron chi connectivity index (χ4n) is 2.95. The Morgan fingerprint density at radius 1 is 1.19 bits per heavy atom. The van der Waals surface area contributed by atoms with E-state index in [4.69, 9.17) is 16.3 Å². The monoisotopic (exact) mass is 499 g/mol. The molecule has 0 saturated carbocycles. The lowest BCUT2D eigenvalue weighted by molar-refractivity contribution is 0.102. The van der Waals surface area contributed by atoms with Gasteiger partial charge in [-0.2, -0.15) is 10.2 Å². The maximum Gasteiger partial charge on any atom is 0.276 e. The molecule has 0 saturated heterocycles. The third-order valence-electron chi connectivity index (χ3n) is 4.60. The van der Waals surface area contributed by atoms with E-state index in [1.807, 2.05) is 18.2 Å². The molecule has 2 aromatic carbocycles. The molecule has 7 nitrogen and oxygen atoms in total. The van der Waals surface area contributed by atoms with Crippen LogP contribution in [0.3, 0.4) is 0 Å². The number of anilines is 1. The Morgan fingerprint density at radius 2 is 2.03 bits per heavy atom. The summed E-state index contributed by atoms with van der Waals surface area (Å²) in [6.45, 7) is 2.82. The van der Waals surface area contributed by atoms with Crippen LogP contribution in [0.15, 0.2) is 71.6 Å². The van der Waals surface area contributed by atoms with Gasteiger partial charge in [-0.25, -0.2) is 4.68 Å². The molecule has 4 rings (SSSR count). The number of hydrogen-bond acceptors (Lipinski definition) is 4. The third kappa shape index (κ3) is 5.34. The molecule has 1 amide bonds. The van der Waals surface area contributed by atoms with E-state index in [-0.39, 0.29) is 18.3 Å². The number of aromatic nitrogens is 4. The van der Waals surface area contributed by atoms with Gasteiger partial charge >= 0.3 is 0 Å². The Labute approximate surface area is 192 Å². The lowest BCUT2D eigenvalue weighted by Gasteiger charge is -2.08. The molecule has 0 atom stereocenters. The van der Waals surface area contributed by atoms with Gasteiger partial charge in [0, 0.05) is 16.9 Å². The highest BCUT2D eigenvalue weighted by molar-refractivity contribution is 9.10. The first-order chi connectivity index (χ1) is 15.0. The Hall–Kier alpha value is -3.10. The summed E-state index contributed by atoms with van der Waals surface area (Å²) in [5.74, 6) is 0.211. The average Bonchev–Trinajstić information content (AvgIpc) is 3.39. The standard InChI is InChI=1S/C22H19BrClN5O2/c1-15-4-2-3-5-16(15)12-29-13-18(11-25-29)26-22(30)20-8-9-28(27-20)14-31-21-7-6-17(23)10-19(21)24/h2-11,13H,12,14H2,1H3,(H,26,30). The Kier molecular flexibility index (Phi) is 6.39. The largest absolute Gasteiger partial charge is 0.470 e. The number of nitrogens with one attached hydrogen (secondary N) is 1. The van der Waals surface area contributed by atoms with E-state index in [2.05, 4.69) is 50.5 Å². The summed E-state index contributed by atoms with van der Waals surface area (Å²) in [5.41, 5.74) is 3.25. The number of hydrogen-bond donors (Lipinski definition) is 1. The van der Waals surface area contributed by atoms with Gasteiger partial charge in [-0.05, 0) is 42.3 Å². The molecular weight excluding hydrogens is 482 g/mol. The zero-order valence-electron chi connectivity index (χ0n) is 16.6. The van der Waals surface area contributed by atoms with Crippen molar-refractivity contribution in [3.05, 3.63) is 93.4 Å². The number of ether oxygens (including phenoxy) is 1. The topological polar surface area (TPSA) is 74.0 Å². The first-order valence-electron chi connectivity index (χ1n) is 9.47. The van der Waals surface area contributed by atoms with Crippen LogP contribution in [-0.4, -0.2) is 25.5 Å². The molecule has 0 aliphatic rings. The fraction of sp³-hybridized carbons (Fsp3) is 0.136. The molecule has 2 heterocycles. The lowest BCUT2D eigenvalue weighted by Crippen LogP contribution is -2.14. The molecule has 0 aliphatic heterocycles. The number of rotatable bonds is 7. The van der Waals surface area contributed by atoms with Gasteiger partial charge in [-0.3, -0.25) is 9.48 Å². The minimum absolute atomic E-state index is 0.128. The van der Waals surface area contributed by atoms with E-state index >= 15 is 0 Å². The Balaban J connectivity index is 1.35. The van der Waals surface area contributed by atoms with Crippen LogP contribution in [0.25, 0.3) is 0 Å². The predicted octanol–water partition coefficient (Wildman–Crippen LogP) is 5.14. The lowest BCUT2D eigenvalue weighted by atomic mass is 10.1. The minimum Gasteiger partial charge on any atom is -0.470 e. The van der Waals surface area contributed by atoms with Crippen molar-refractivity contribution in [2.24, 2.45) is 0 Å². The van der Waals surface area contributed by atoms with E-state index < -0.39 is 0 Å². The normalized spacial score (nSPS) is 10.8. The first-order valence-corrected chi connectivity index (χ1v) is 10.6. The average molecular weight is 501 g/mol. The number of halogens is 2. The van der Waals surface area contributed by atoms with Crippen molar-refractivity contribution in [3.8, 4) is 5.75 Å². The zero-order chi connectivity index (χ0) is 21.8. The number of carbonyl (C=O) groups excluding carboxylic acids is 1. The Bertz CT molecular complexity index is 1220. The summed E-state index contributed by atoms with van der Waals surface area (Å²) in [7, 11) is 0. The predicted molar refractivity (Wildman–Crippen MR) is 122 cm³/mol. The summed E-state index contributed by atoms with van der Waals surface area (Å²) in [4.78, 5) is 12.5. The van der Waals surface area contributed by atoms with E-state index in [0.717, 1.165) is 4.47 Å². The van der Waals surface area contributed by atoms with Crippen molar-refractivity contribution in [1.82, 2.24) is 19.6 Å². The molecule has 0 fully saturated rings. The first kappa shape index (κ1) is 21.1. The van der Waals surface area contributed by atoms with Crippen LogP contribution in [0.1, 0.15) is 21.6 Å². The highest BCUT2D eigenvalue weighted by atomic mass is 79.9. The number of benzene rings is 2. The van der Waals surface area contributed by atoms with Crippen molar-refractivity contribution in [2.75, 3.05) is 5.32 Å². The van der Waals surface area contributed by atoms with Crippen LogP contribution in [0.2, 0.25) is 5.02 Å². The second kappa shape index (κ2) is 9.36. The van der Waals surface area contributed by atoms with Crippen LogP contribution in [-0.2, 0) is 13.3 Å². The summed E-state index contributed by atoms with van der Waals surface area (Å²) >= 11 is 9.50. The maximum atomic E-state index is 12.5. The Morgan fingerprint density at radius 3 is 2.84 bits per heavy atom. The number of carbonyl (C=O) groups is 1. The van der Waals surface area contributed by atoms with E-state index in [1.54, 1.807) is 41.5 Å². The van der Waals surface area contributed by atoms with Crippen molar-refractivity contribution in [3.63, 3.8) is 0 Å². The van der Waals surface area contributed by atoms with Crippen molar-refractivity contribution >= 4 is 39.1 Å². The summed E-state index contributed by atoms with van der Waals surface area (Å²) in [6, 6.07) is 15.1. The number of nitrogens with zero attached hydrogens (tertiary/aromatic N) is 4. The third-order valence-corrected chi connectivity index (χ3v) is 5.39. The van der Waals surface area contributed by atoms with Crippen LogP contribution in [0, 0.1) is 6.92 Å². The zero-order valence-corrected chi connectivity index (χ0v) is 19.0. The van der Waals surface area contributed by atoms with Crippen molar-refractivity contribution in [1.29, 1.82) is 0 Å². The molecule has 0 bridgehead atoms. The molecular formula is C22H19BrClN5O2. The van der Waals surface area contributed by atoms with Crippen LogP contribution < -0.4 is 10.1 Å². The van der Waals surface area contributed by atoms with E-state index in [0.29, 0.717) is 23.0 Å². The van der Waals surface area contributed by atoms with Gasteiger partial charge in [-0.1, -0.05) is 51.8 Å². The number of amides is 1. The second-order valence-electron chi connectivity index (χ2n) is 6.90. The molecule has 0 spiro atoms. The van der Waals surface area contributed by atoms with Crippen LogP contribution in [0.4, 0.5) is 5.69 Å². The van der Waals surface area contributed by atoms with E-state index in [9.17, 15) is 4.79 Å².